The molecule has 27 heavy (non-hydrogen) atoms. The van der Waals surface area contributed by atoms with Crippen LogP contribution in [-0.4, -0.2) is 37.7 Å². The van der Waals surface area contributed by atoms with E-state index < -0.39 is 0 Å². The first-order chi connectivity index (χ1) is 13.2. The number of hydrogen-bond acceptors (Lipinski definition) is 7. The summed E-state index contributed by atoms with van der Waals surface area (Å²) in [4.78, 5) is 17.4. The van der Waals surface area contributed by atoms with Gasteiger partial charge in [-0.15, -0.1) is 0 Å². The fourth-order valence-corrected chi connectivity index (χ4v) is 2.56. The molecular weight excluding hydrogens is 340 g/mol. The molecule has 7 nitrogen and oxygen atoms in total. The van der Waals surface area contributed by atoms with Crippen LogP contribution in [0.4, 0.5) is 11.8 Å². The summed E-state index contributed by atoms with van der Waals surface area (Å²) in [6, 6.07) is 9.50. The number of nitrogens with zero attached hydrogens (tertiary/aromatic N) is 4. The van der Waals surface area contributed by atoms with Crippen molar-refractivity contribution in [1.82, 2.24) is 19.9 Å². The molecule has 3 rings (SSSR count). The van der Waals surface area contributed by atoms with Crippen molar-refractivity contribution in [2.75, 3.05) is 17.2 Å². The van der Waals surface area contributed by atoms with Gasteiger partial charge in [-0.05, 0) is 29.7 Å². The highest BCUT2D eigenvalue weighted by molar-refractivity contribution is 5.64. The van der Waals surface area contributed by atoms with E-state index in [0.717, 1.165) is 16.8 Å². The Hall–Kier alpha value is -3.06. The number of rotatable bonds is 8. The van der Waals surface area contributed by atoms with E-state index in [9.17, 15) is 5.11 Å². The molecule has 3 aromatic rings. The van der Waals surface area contributed by atoms with Crippen LogP contribution >= 0.6 is 0 Å². The lowest BCUT2D eigenvalue weighted by atomic mass is 10.1. The first-order valence-electron chi connectivity index (χ1n) is 8.95. The minimum absolute atomic E-state index is 0.0129. The van der Waals surface area contributed by atoms with Gasteiger partial charge in [-0.1, -0.05) is 19.9 Å². The van der Waals surface area contributed by atoms with Gasteiger partial charge in [0, 0.05) is 43.0 Å². The molecule has 0 aliphatic carbocycles. The van der Waals surface area contributed by atoms with E-state index in [1.807, 2.05) is 50.4 Å². The summed E-state index contributed by atoms with van der Waals surface area (Å²) in [5.74, 6) is 1.42. The van der Waals surface area contributed by atoms with Gasteiger partial charge >= 0.3 is 0 Å². The fourth-order valence-electron chi connectivity index (χ4n) is 2.56. The van der Waals surface area contributed by atoms with Crippen molar-refractivity contribution in [3.05, 3.63) is 60.7 Å². The Balaban J connectivity index is 1.88. The predicted octanol–water partition coefficient (Wildman–Crippen LogP) is 2.97. The van der Waals surface area contributed by atoms with Crippen molar-refractivity contribution in [2.24, 2.45) is 5.92 Å². The third-order valence-corrected chi connectivity index (χ3v) is 4.21. The van der Waals surface area contributed by atoms with E-state index in [-0.39, 0.29) is 18.6 Å². The smallest absolute Gasteiger partial charge is 0.225 e. The van der Waals surface area contributed by atoms with E-state index in [2.05, 4.69) is 30.6 Å². The molecule has 1 atom stereocenters. The Labute approximate surface area is 159 Å². The summed E-state index contributed by atoms with van der Waals surface area (Å²) in [6.07, 6.45) is 7.03. The van der Waals surface area contributed by atoms with Crippen LogP contribution in [0.15, 0.2) is 55.1 Å². The van der Waals surface area contributed by atoms with Gasteiger partial charge in [0.1, 0.15) is 5.82 Å². The highest BCUT2D eigenvalue weighted by atomic mass is 16.3. The second kappa shape index (κ2) is 9.05. The molecule has 0 saturated carbocycles. The van der Waals surface area contributed by atoms with E-state index in [1.165, 1.54) is 0 Å². The topological polar surface area (TPSA) is 95.8 Å². The van der Waals surface area contributed by atoms with Gasteiger partial charge in [0.05, 0.1) is 18.3 Å². The first-order valence-corrected chi connectivity index (χ1v) is 8.95. The molecule has 7 heteroatoms. The standard InChI is InChI=1S/C20H24N6O/c1-14(2)18(13-27)25-20-24-17(16-5-8-21-9-6-16)10-19(26-20)23-12-15-4-3-7-22-11-15/h3-11,14,18,27H,12-13H2,1-2H3,(H2,23,24,25,26)/t18-/m0/s1. The summed E-state index contributed by atoms with van der Waals surface area (Å²) in [7, 11) is 0. The Kier molecular flexibility index (Phi) is 6.27. The average molecular weight is 364 g/mol. The van der Waals surface area contributed by atoms with Crippen LogP contribution in [0, 0.1) is 5.92 Å². The molecule has 0 aliphatic rings. The lowest BCUT2D eigenvalue weighted by Gasteiger charge is -2.20. The number of aliphatic hydroxyl groups excluding tert-OH is 1. The van der Waals surface area contributed by atoms with Crippen molar-refractivity contribution in [2.45, 2.75) is 26.4 Å². The fraction of sp³-hybridized carbons (Fsp3) is 0.300. The molecule has 3 N–H and O–H groups in total. The van der Waals surface area contributed by atoms with Gasteiger partial charge in [0.2, 0.25) is 5.95 Å². The molecule has 0 saturated heterocycles. The van der Waals surface area contributed by atoms with Gasteiger partial charge in [0.15, 0.2) is 0 Å². The second-order valence-electron chi connectivity index (χ2n) is 6.59. The van der Waals surface area contributed by atoms with Crippen LogP contribution < -0.4 is 10.6 Å². The predicted molar refractivity (Wildman–Crippen MR) is 106 cm³/mol. The number of hydrogen-bond donors (Lipinski definition) is 3. The largest absolute Gasteiger partial charge is 0.394 e. The van der Waals surface area contributed by atoms with Gasteiger partial charge in [0.25, 0.3) is 0 Å². The minimum Gasteiger partial charge on any atom is -0.394 e. The Morgan fingerprint density at radius 1 is 1.04 bits per heavy atom. The lowest BCUT2D eigenvalue weighted by Crippen LogP contribution is -2.30. The molecule has 0 amide bonds. The maximum atomic E-state index is 9.62. The van der Waals surface area contributed by atoms with Crippen LogP contribution in [0.3, 0.4) is 0 Å². The molecule has 0 radical (unpaired) electrons. The van der Waals surface area contributed by atoms with Crippen LogP contribution in [-0.2, 0) is 6.54 Å². The van der Waals surface area contributed by atoms with Crippen molar-refractivity contribution < 1.29 is 5.11 Å². The highest BCUT2D eigenvalue weighted by Gasteiger charge is 2.15. The third kappa shape index (κ3) is 5.21. The summed E-state index contributed by atoms with van der Waals surface area (Å²) in [5, 5.41) is 16.2. The highest BCUT2D eigenvalue weighted by Crippen LogP contribution is 2.22. The van der Waals surface area contributed by atoms with E-state index in [0.29, 0.717) is 18.3 Å². The van der Waals surface area contributed by atoms with Crippen LogP contribution in [0.1, 0.15) is 19.4 Å². The van der Waals surface area contributed by atoms with Crippen molar-refractivity contribution in [1.29, 1.82) is 0 Å². The Morgan fingerprint density at radius 3 is 2.52 bits per heavy atom. The molecule has 0 spiro atoms. The molecule has 0 unspecified atom stereocenters. The van der Waals surface area contributed by atoms with Crippen LogP contribution in [0.25, 0.3) is 11.3 Å². The molecule has 0 aliphatic heterocycles. The van der Waals surface area contributed by atoms with Crippen LogP contribution in [0.5, 0.6) is 0 Å². The lowest BCUT2D eigenvalue weighted by molar-refractivity contribution is 0.248. The number of nitrogens with one attached hydrogen (secondary N) is 2. The molecular formula is C20H24N6O. The zero-order valence-electron chi connectivity index (χ0n) is 15.5. The molecule has 0 aromatic carbocycles. The summed E-state index contributed by atoms with van der Waals surface area (Å²) < 4.78 is 0. The molecule has 0 bridgehead atoms. The van der Waals surface area contributed by atoms with E-state index in [1.54, 1.807) is 18.6 Å². The van der Waals surface area contributed by atoms with E-state index in [4.69, 9.17) is 0 Å². The Morgan fingerprint density at radius 2 is 1.85 bits per heavy atom. The Bertz CT molecular complexity index is 842. The van der Waals surface area contributed by atoms with Gasteiger partial charge in [-0.2, -0.15) is 4.98 Å². The van der Waals surface area contributed by atoms with Crippen molar-refractivity contribution in [3.63, 3.8) is 0 Å². The molecule has 3 heterocycles. The van der Waals surface area contributed by atoms with Gasteiger partial charge in [-0.25, -0.2) is 4.98 Å². The first kappa shape index (κ1) is 18.7. The molecule has 0 fully saturated rings. The van der Waals surface area contributed by atoms with E-state index >= 15 is 0 Å². The number of pyridine rings is 2. The van der Waals surface area contributed by atoms with Gasteiger partial charge in [-0.3, -0.25) is 9.97 Å². The maximum Gasteiger partial charge on any atom is 0.225 e. The minimum atomic E-state index is -0.121. The molecule has 3 aromatic heterocycles. The number of aromatic nitrogens is 4. The zero-order chi connectivity index (χ0) is 19.1. The second-order valence-corrected chi connectivity index (χ2v) is 6.59. The number of aliphatic hydroxyl groups is 1. The van der Waals surface area contributed by atoms with Crippen LogP contribution in [0.2, 0.25) is 0 Å². The summed E-state index contributed by atoms with van der Waals surface area (Å²) in [5.41, 5.74) is 2.79. The summed E-state index contributed by atoms with van der Waals surface area (Å²) in [6.45, 7) is 4.71. The third-order valence-electron chi connectivity index (χ3n) is 4.21. The average Bonchev–Trinajstić information content (AvgIpc) is 2.71. The zero-order valence-corrected chi connectivity index (χ0v) is 15.5. The quantitative estimate of drug-likeness (QED) is 0.565. The summed E-state index contributed by atoms with van der Waals surface area (Å²) >= 11 is 0. The van der Waals surface area contributed by atoms with Crippen molar-refractivity contribution in [3.8, 4) is 11.3 Å². The van der Waals surface area contributed by atoms with Gasteiger partial charge < -0.3 is 15.7 Å². The SMILES string of the molecule is CC(C)[C@H](CO)Nc1nc(NCc2cccnc2)cc(-c2ccncc2)n1. The van der Waals surface area contributed by atoms with Crippen molar-refractivity contribution >= 4 is 11.8 Å². The monoisotopic (exact) mass is 364 g/mol. The maximum absolute atomic E-state index is 9.62. The molecule has 140 valence electrons. The number of anilines is 2. The normalized spacial score (nSPS) is 12.0.